The lowest BCUT2D eigenvalue weighted by Crippen LogP contribution is -2.32. The minimum Gasteiger partial charge on any atom is -0.399 e. The molecule has 0 saturated heterocycles. The highest BCUT2D eigenvalue weighted by atomic mass is 16.2. The van der Waals surface area contributed by atoms with Gasteiger partial charge in [0.15, 0.2) is 0 Å². The standard InChI is InChI=1S/C23H25N3O/c1-18-14-21(24)12-13-22(18)25-23(27)17-26(15-19-8-4-2-5-9-19)16-20-10-6-3-7-11-20/h2-14H,15-17,24H2,1H3,(H,25,27). The molecule has 4 heteroatoms. The molecule has 27 heavy (non-hydrogen) atoms. The van der Waals surface area contributed by atoms with E-state index in [1.54, 1.807) is 6.07 Å². The number of nitrogens with zero attached hydrogens (tertiary/aromatic N) is 1. The maximum Gasteiger partial charge on any atom is 0.238 e. The van der Waals surface area contributed by atoms with E-state index in [2.05, 4.69) is 34.5 Å². The average Bonchev–Trinajstić information content (AvgIpc) is 2.66. The van der Waals surface area contributed by atoms with Crippen molar-refractivity contribution in [2.45, 2.75) is 20.0 Å². The summed E-state index contributed by atoms with van der Waals surface area (Å²) in [5.74, 6) is -0.0327. The van der Waals surface area contributed by atoms with Crippen molar-refractivity contribution in [1.29, 1.82) is 0 Å². The zero-order chi connectivity index (χ0) is 19.1. The molecule has 0 spiro atoms. The third-order valence-electron chi connectivity index (χ3n) is 4.39. The fraction of sp³-hybridized carbons (Fsp3) is 0.174. The monoisotopic (exact) mass is 359 g/mol. The summed E-state index contributed by atoms with van der Waals surface area (Å²) in [6.07, 6.45) is 0. The Morgan fingerprint density at radius 1 is 0.889 bits per heavy atom. The molecule has 0 heterocycles. The Kier molecular flexibility index (Phi) is 6.23. The molecule has 0 unspecified atom stereocenters. The first-order valence-electron chi connectivity index (χ1n) is 9.06. The van der Waals surface area contributed by atoms with Crippen LogP contribution in [0.3, 0.4) is 0 Å². The Hall–Kier alpha value is -3.11. The van der Waals surface area contributed by atoms with Gasteiger partial charge in [-0.25, -0.2) is 0 Å². The number of benzene rings is 3. The van der Waals surface area contributed by atoms with Crippen LogP contribution in [0.5, 0.6) is 0 Å². The average molecular weight is 359 g/mol. The molecule has 0 saturated carbocycles. The van der Waals surface area contributed by atoms with Crippen molar-refractivity contribution < 1.29 is 4.79 Å². The number of carbonyl (C=O) groups excluding carboxylic acids is 1. The minimum atomic E-state index is -0.0327. The van der Waals surface area contributed by atoms with Crippen LogP contribution < -0.4 is 11.1 Å². The van der Waals surface area contributed by atoms with Crippen LogP contribution in [0, 0.1) is 6.92 Å². The number of hydrogen-bond acceptors (Lipinski definition) is 3. The van der Waals surface area contributed by atoms with E-state index >= 15 is 0 Å². The second-order valence-corrected chi connectivity index (χ2v) is 6.74. The highest BCUT2D eigenvalue weighted by Gasteiger charge is 2.13. The molecule has 0 aliphatic heterocycles. The maximum absolute atomic E-state index is 12.7. The lowest BCUT2D eigenvalue weighted by Gasteiger charge is -2.22. The number of nitrogens with two attached hydrogens (primary N) is 1. The van der Waals surface area contributed by atoms with Gasteiger partial charge in [0.1, 0.15) is 0 Å². The smallest absolute Gasteiger partial charge is 0.238 e. The third-order valence-corrected chi connectivity index (χ3v) is 4.39. The van der Waals surface area contributed by atoms with Crippen molar-refractivity contribution in [3.8, 4) is 0 Å². The zero-order valence-electron chi connectivity index (χ0n) is 15.6. The summed E-state index contributed by atoms with van der Waals surface area (Å²) in [6.45, 7) is 3.68. The van der Waals surface area contributed by atoms with Crippen LogP contribution in [0.1, 0.15) is 16.7 Å². The number of nitrogens with one attached hydrogen (secondary N) is 1. The van der Waals surface area contributed by atoms with Gasteiger partial charge in [-0.3, -0.25) is 9.69 Å². The Bertz CT molecular complexity index is 837. The van der Waals surface area contributed by atoms with Crippen LogP contribution in [-0.2, 0) is 17.9 Å². The summed E-state index contributed by atoms with van der Waals surface area (Å²) >= 11 is 0. The second kappa shape index (κ2) is 9.01. The van der Waals surface area contributed by atoms with Crippen LogP contribution >= 0.6 is 0 Å². The van der Waals surface area contributed by atoms with Gasteiger partial charge in [-0.1, -0.05) is 60.7 Å². The topological polar surface area (TPSA) is 58.4 Å². The van der Waals surface area contributed by atoms with Crippen LogP contribution in [-0.4, -0.2) is 17.4 Å². The maximum atomic E-state index is 12.7. The van der Waals surface area contributed by atoms with Crippen LogP contribution in [0.4, 0.5) is 11.4 Å². The van der Waals surface area contributed by atoms with Crippen molar-refractivity contribution in [2.75, 3.05) is 17.6 Å². The van der Waals surface area contributed by atoms with Crippen molar-refractivity contribution in [3.63, 3.8) is 0 Å². The van der Waals surface area contributed by atoms with Gasteiger partial charge in [0.25, 0.3) is 0 Å². The number of nitrogen functional groups attached to an aromatic ring is 1. The van der Waals surface area contributed by atoms with Gasteiger partial charge in [0.05, 0.1) is 6.54 Å². The van der Waals surface area contributed by atoms with Crippen molar-refractivity contribution in [2.24, 2.45) is 0 Å². The number of hydrogen-bond donors (Lipinski definition) is 2. The molecule has 3 aromatic rings. The van der Waals surface area contributed by atoms with Crippen LogP contribution in [0.15, 0.2) is 78.9 Å². The number of anilines is 2. The molecule has 0 aromatic heterocycles. The van der Waals surface area contributed by atoms with E-state index in [0.29, 0.717) is 25.3 Å². The predicted octanol–water partition coefficient (Wildman–Crippen LogP) is 4.22. The first-order valence-corrected chi connectivity index (χ1v) is 9.06. The summed E-state index contributed by atoms with van der Waals surface area (Å²) in [4.78, 5) is 14.8. The molecule has 0 aliphatic carbocycles. The molecule has 3 N–H and O–H groups in total. The summed E-state index contributed by atoms with van der Waals surface area (Å²) in [7, 11) is 0. The Labute approximate surface area is 160 Å². The predicted molar refractivity (Wildman–Crippen MR) is 111 cm³/mol. The SMILES string of the molecule is Cc1cc(N)ccc1NC(=O)CN(Cc1ccccc1)Cc1ccccc1. The lowest BCUT2D eigenvalue weighted by molar-refractivity contribution is -0.117. The molecule has 4 nitrogen and oxygen atoms in total. The highest BCUT2D eigenvalue weighted by molar-refractivity contribution is 5.93. The van der Waals surface area contributed by atoms with E-state index in [0.717, 1.165) is 11.3 Å². The van der Waals surface area contributed by atoms with E-state index in [9.17, 15) is 4.79 Å². The van der Waals surface area contributed by atoms with Crippen molar-refractivity contribution >= 4 is 17.3 Å². The lowest BCUT2D eigenvalue weighted by atomic mass is 10.1. The highest BCUT2D eigenvalue weighted by Crippen LogP contribution is 2.18. The van der Waals surface area contributed by atoms with Gasteiger partial charge in [-0.15, -0.1) is 0 Å². The summed E-state index contributed by atoms with van der Waals surface area (Å²) in [5.41, 5.74) is 10.6. The molecular formula is C23H25N3O. The van der Waals surface area contributed by atoms with Gasteiger partial charge in [0, 0.05) is 24.5 Å². The molecule has 1 amide bonds. The van der Waals surface area contributed by atoms with Gasteiger partial charge < -0.3 is 11.1 Å². The number of aryl methyl sites for hydroxylation is 1. The molecule has 0 bridgehead atoms. The van der Waals surface area contributed by atoms with Gasteiger partial charge in [-0.05, 0) is 41.8 Å². The Morgan fingerprint density at radius 2 is 1.44 bits per heavy atom. The van der Waals surface area contributed by atoms with Crippen LogP contribution in [0.25, 0.3) is 0 Å². The number of carbonyl (C=O) groups is 1. The summed E-state index contributed by atoms with van der Waals surface area (Å²) in [6, 6.07) is 25.9. The van der Waals surface area contributed by atoms with Crippen LogP contribution in [0.2, 0.25) is 0 Å². The van der Waals surface area contributed by atoms with E-state index in [4.69, 9.17) is 5.73 Å². The molecule has 3 aromatic carbocycles. The van der Waals surface area contributed by atoms with Gasteiger partial charge in [-0.2, -0.15) is 0 Å². The van der Waals surface area contributed by atoms with E-state index in [1.807, 2.05) is 55.5 Å². The fourth-order valence-corrected chi connectivity index (χ4v) is 3.07. The van der Waals surface area contributed by atoms with Crippen molar-refractivity contribution in [1.82, 2.24) is 4.90 Å². The fourth-order valence-electron chi connectivity index (χ4n) is 3.07. The summed E-state index contributed by atoms with van der Waals surface area (Å²) in [5, 5.41) is 3.00. The van der Waals surface area contributed by atoms with E-state index < -0.39 is 0 Å². The molecule has 0 radical (unpaired) electrons. The van der Waals surface area contributed by atoms with E-state index in [1.165, 1.54) is 11.1 Å². The van der Waals surface area contributed by atoms with Gasteiger partial charge in [0.2, 0.25) is 5.91 Å². The number of rotatable bonds is 7. The first-order chi connectivity index (χ1) is 13.1. The molecule has 0 fully saturated rings. The third kappa shape index (κ3) is 5.69. The molecule has 0 atom stereocenters. The Morgan fingerprint density at radius 3 is 1.96 bits per heavy atom. The second-order valence-electron chi connectivity index (χ2n) is 6.74. The van der Waals surface area contributed by atoms with E-state index in [-0.39, 0.29) is 5.91 Å². The largest absolute Gasteiger partial charge is 0.399 e. The molecule has 138 valence electrons. The molecular weight excluding hydrogens is 334 g/mol. The number of amides is 1. The quantitative estimate of drug-likeness (QED) is 0.621. The first kappa shape index (κ1) is 18.7. The minimum absolute atomic E-state index is 0.0327. The summed E-state index contributed by atoms with van der Waals surface area (Å²) < 4.78 is 0. The molecule has 0 aliphatic rings. The van der Waals surface area contributed by atoms with Crippen molar-refractivity contribution in [3.05, 3.63) is 95.6 Å². The van der Waals surface area contributed by atoms with Gasteiger partial charge >= 0.3 is 0 Å². The zero-order valence-corrected chi connectivity index (χ0v) is 15.6. The normalized spacial score (nSPS) is 10.7. The molecule has 3 rings (SSSR count). The Balaban J connectivity index is 1.70.